The van der Waals surface area contributed by atoms with Crippen LogP contribution >= 0.6 is 0 Å². The molecule has 0 aliphatic rings. The molecule has 5 heteroatoms. The Kier molecular flexibility index (Phi) is 5.58. The Bertz CT molecular complexity index is 407. The molecule has 1 aromatic carbocycles. The van der Waals surface area contributed by atoms with Gasteiger partial charge in [-0.15, -0.1) is 0 Å². The fraction of sp³-hybridized carbons (Fsp3) is 0.462. The molecule has 1 amide bonds. The zero-order valence-electron chi connectivity index (χ0n) is 10.6. The number of benzene rings is 1. The van der Waals surface area contributed by atoms with Crippen LogP contribution in [0.5, 0.6) is 5.75 Å². The van der Waals surface area contributed by atoms with E-state index in [0.29, 0.717) is 12.1 Å². The van der Waals surface area contributed by atoms with Crippen LogP contribution in [0.1, 0.15) is 31.9 Å². The predicted molar refractivity (Wildman–Crippen MR) is 65.8 cm³/mol. The van der Waals surface area contributed by atoms with Crippen molar-refractivity contribution in [3.8, 4) is 5.75 Å². The van der Waals surface area contributed by atoms with Gasteiger partial charge in [0.25, 0.3) is 5.91 Å². The van der Waals surface area contributed by atoms with Gasteiger partial charge in [0, 0.05) is 6.54 Å². The van der Waals surface area contributed by atoms with Crippen LogP contribution in [0.15, 0.2) is 18.2 Å². The van der Waals surface area contributed by atoms with Gasteiger partial charge < -0.3 is 15.2 Å². The van der Waals surface area contributed by atoms with Crippen molar-refractivity contribution in [1.29, 1.82) is 0 Å². The lowest BCUT2D eigenvalue weighted by Crippen LogP contribution is -2.29. The molecule has 0 bridgehead atoms. The summed E-state index contributed by atoms with van der Waals surface area (Å²) in [5.41, 5.74) is 0.468. The van der Waals surface area contributed by atoms with Gasteiger partial charge >= 0.3 is 0 Å². The number of carbonyl (C=O) groups excluding carboxylic acids is 1. The normalized spacial score (nSPS) is 12.0. The number of hydrogen-bond acceptors (Lipinski definition) is 3. The van der Waals surface area contributed by atoms with Crippen LogP contribution in [0.3, 0.4) is 0 Å². The highest BCUT2D eigenvalue weighted by atomic mass is 19.1. The first-order valence-electron chi connectivity index (χ1n) is 5.91. The van der Waals surface area contributed by atoms with E-state index in [1.807, 2.05) is 6.92 Å². The average Bonchev–Trinajstić information content (AvgIpc) is 2.34. The Morgan fingerprint density at radius 3 is 2.83 bits per heavy atom. The molecule has 0 spiro atoms. The molecule has 0 saturated carbocycles. The van der Waals surface area contributed by atoms with Gasteiger partial charge in [-0.05, 0) is 31.0 Å². The molecule has 1 aromatic rings. The quantitative estimate of drug-likeness (QED) is 0.814. The molecule has 0 fully saturated rings. The van der Waals surface area contributed by atoms with Gasteiger partial charge in [-0.1, -0.05) is 13.0 Å². The molecule has 100 valence electrons. The molecule has 0 aliphatic carbocycles. The Morgan fingerprint density at radius 1 is 1.56 bits per heavy atom. The lowest BCUT2D eigenvalue weighted by molar-refractivity contribution is -0.123. The van der Waals surface area contributed by atoms with Crippen LogP contribution in [0.25, 0.3) is 0 Å². The Labute approximate surface area is 106 Å². The van der Waals surface area contributed by atoms with Crippen LogP contribution in [-0.2, 0) is 4.79 Å². The van der Waals surface area contributed by atoms with E-state index in [2.05, 4.69) is 5.32 Å². The maximum atomic E-state index is 13.5. The summed E-state index contributed by atoms with van der Waals surface area (Å²) in [7, 11) is 0. The van der Waals surface area contributed by atoms with E-state index in [1.165, 1.54) is 12.1 Å². The minimum absolute atomic E-state index is 0.00560. The summed E-state index contributed by atoms with van der Waals surface area (Å²) in [6, 6.07) is 4.17. The van der Waals surface area contributed by atoms with E-state index in [9.17, 15) is 14.3 Å². The van der Waals surface area contributed by atoms with E-state index in [-0.39, 0.29) is 18.3 Å². The lowest BCUT2D eigenvalue weighted by atomic mass is 10.1. The van der Waals surface area contributed by atoms with Crippen molar-refractivity contribution in [2.75, 3.05) is 13.2 Å². The van der Waals surface area contributed by atoms with E-state index in [4.69, 9.17) is 4.74 Å². The van der Waals surface area contributed by atoms with Crippen molar-refractivity contribution in [2.24, 2.45) is 0 Å². The monoisotopic (exact) mass is 255 g/mol. The molecule has 0 unspecified atom stereocenters. The first kappa shape index (κ1) is 14.4. The van der Waals surface area contributed by atoms with Crippen molar-refractivity contribution < 1.29 is 19.0 Å². The zero-order valence-corrected chi connectivity index (χ0v) is 10.6. The first-order valence-corrected chi connectivity index (χ1v) is 5.91. The largest absolute Gasteiger partial charge is 0.481 e. The molecule has 0 aromatic heterocycles. The average molecular weight is 255 g/mol. The third-order valence-electron chi connectivity index (χ3n) is 2.37. The van der Waals surface area contributed by atoms with Crippen molar-refractivity contribution in [2.45, 2.75) is 26.4 Å². The molecule has 1 atom stereocenters. The van der Waals surface area contributed by atoms with Crippen LogP contribution < -0.4 is 10.1 Å². The smallest absolute Gasteiger partial charge is 0.257 e. The predicted octanol–water partition coefficient (Wildman–Crippen LogP) is 1.78. The Hall–Kier alpha value is -1.62. The first-order chi connectivity index (χ1) is 8.54. The highest BCUT2D eigenvalue weighted by Gasteiger charge is 2.09. The number of amides is 1. The fourth-order valence-electron chi connectivity index (χ4n) is 1.35. The Balaban J connectivity index is 2.55. The molecule has 0 aliphatic heterocycles. The second-order valence-corrected chi connectivity index (χ2v) is 4.00. The molecule has 4 nitrogen and oxygen atoms in total. The number of aliphatic hydroxyl groups excluding tert-OH is 1. The highest BCUT2D eigenvalue weighted by molar-refractivity contribution is 5.77. The summed E-state index contributed by atoms with van der Waals surface area (Å²) in [4.78, 5) is 11.3. The standard InChI is InChI=1S/C13H18FNO3/c1-3-6-15-13(17)8-18-12-5-4-10(9(2)16)7-11(12)14/h4-5,7,9,16H,3,6,8H2,1-2H3,(H,15,17)/t9-/m0/s1. The van der Waals surface area contributed by atoms with Gasteiger partial charge in [0.2, 0.25) is 0 Å². The SMILES string of the molecule is CCCNC(=O)COc1ccc([C@H](C)O)cc1F. The van der Waals surface area contributed by atoms with Gasteiger partial charge in [0.05, 0.1) is 6.10 Å². The Morgan fingerprint density at radius 2 is 2.28 bits per heavy atom. The summed E-state index contributed by atoms with van der Waals surface area (Å²) in [5, 5.41) is 11.9. The summed E-state index contributed by atoms with van der Waals surface area (Å²) in [5.74, 6) is -0.862. The minimum Gasteiger partial charge on any atom is -0.481 e. The van der Waals surface area contributed by atoms with E-state index < -0.39 is 11.9 Å². The topological polar surface area (TPSA) is 58.6 Å². The van der Waals surface area contributed by atoms with E-state index >= 15 is 0 Å². The molecular formula is C13H18FNO3. The van der Waals surface area contributed by atoms with Crippen LogP contribution in [0, 0.1) is 5.82 Å². The molecule has 0 saturated heterocycles. The number of aliphatic hydroxyl groups is 1. The second-order valence-electron chi connectivity index (χ2n) is 4.00. The maximum absolute atomic E-state index is 13.5. The van der Waals surface area contributed by atoms with Gasteiger partial charge in [-0.3, -0.25) is 4.79 Å². The zero-order chi connectivity index (χ0) is 13.5. The number of halogens is 1. The van der Waals surface area contributed by atoms with Crippen molar-refractivity contribution in [3.05, 3.63) is 29.6 Å². The fourth-order valence-corrected chi connectivity index (χ4v) is 1.35. The third-order valence-corrected chi connectivity index (χ3v) is 2.37. The number of nitrogens with one attached hydrogen (secondary N) is 1. The van der Waals surface area contributed by atoms with Crippen LogP contribution in [-0.4, -0.2) is 24.2 Å². The molecule has 0 radical (unpaired) electrons. The lowest BCUT2D eigenvalue weighted by Gasteiger charge is -2.10. The summed E-state index contributed by atoms with van der Waals surface area (Å²) < 4.78 is 18.6. The van der Waals surface area contributed by atoms with Gasteiger partial charge in [-0.25, -0.2) is 4.39 Å². The number of ether oxygens (including phenoxy) is 1. The summed E-state index contributed by atoms with van der Waals surface area (Å²) >= 11 is 0. The van der Waals surface area contributed by atoms with E-state index in [1.54, 1.807) is 13.0 Å². The van der Waals surface area contributed by atoms with Gasteiger partial charge in [-0.2, -0.15) is 0 Å². The summed E-state index contributed by atoms with van der Waals surface area (Å²) in [6.07, 6.45) is 0.102. The van der Waals surface area contributed by atoms with Gasteiger partial charge in [0.15, 0.2) is 18.2 Å². The molecule has 2 N–H and O–H groups in total. The number of rotatable bonds is 6. The third kappa shape index (κ3) is 4.33. The number of carbonyl (C=O) groups is 1. The van der Waals surface area contributed by atoms with Crippen LogP contribution in [0.2, 0.25) is 0 Å². The second kappa shape index (κ2) is 6.96. The number of hydrogen-bond donors (Lipinski definition) is 2. The summed E-state index contributed by atoms with van der Waals surface area (Å²) in [6.45, 7) is 3.85. The molecule has 0 heterocycles. The highest BCUT2D eigenvalue weighted by Crippen LogP contribution is 2.21. The molecule has 1 rings (SSSR count). The maximum Gasteiger partial charge on any atom is 0.257 e. The minimum atomic E-state index is -0.735. The molecule has 18 heavy (non-hydrogen) atoms. The van der Waals surface area contributed by atoms with Crippen molar-refractivity contribution in [3.63, 3.8) is 0 Å². The van der Waals surface area contributed by atoms with Gasteiger partial charge in [0.1, 0.15) is 0 Å². The van der Waals surface area contributed by atoms with Crippen molar-refractivity contribution in [1.82, 2.24) is 5.32 Å². The van der Waals surface area contributed by atoms with Crippen LogP contribution in [0.4, 0.5) is 4.39 Å². The van der Waals surface area contributed by atoms with Crippen molar-refractivity contribution >= 4 is 5.91 Å². The van der Waals surface area contributed by atoms with E-state index in [0.717, 1.165) is 6.42 Å². The molecular weight excluding hydrogens is 237 g/mol.